The van der Waals surface area contributed by atoms with Crippen LogP contribution in [-0.2, 0) is 11.0 Å². The fourth-order valence-corrected chi connectivity index (χ4v) is 5.46. The molecule has 0 bridgehead atoms. The molecule has 0 aliphatic heterocycles. The van der Waals surface area contributed by atoms with Gasteiger partial charge < -0.3 is 11.5 Å². The van der Waals surface area contributed by atoms with Crippen molar-refractivity contribution in [2.45, 2.75) is 49.8 Å². The number of hydrogen-bond donors (Lipinski definition) is 3. The quantitative estimate of drug-likeness (QED) is 0.518. The molecule has 140 valence electrons. The fourth-order valence-electron chi connectivity index (χ4n) is 3.25. The van der Waals surface area contributed by atoms with E-state index in [4.69, 9.17) is 11.5 Å². The summed E-state index contributed by atoms with van der Waals surface area (Å²) in [7, 11) is -1.34. The third kappa shape index (κ3) is 4.49. The van der Waals surface area contributed by atoms with E-state index in [1.54, 1.807) is 17.4 Å². The molecule has 1 aliphatic rings. The second kappa shape index (κ2) is 8.75. The molecular weight excluding hydrogens is 366 g/mol. The third-order valence-corrected chi connectivity index (χ3v) is 6.92. The topological polar surface area (TPSA) is 106 Å². The first-order valence-electron chi connectivity index (χ1n) is 8.93. The van der Waals surface area contributed by atoms with Crippen LogP contribution in [0.2, 0.25) is 0 Å². The van der Waals surface area contributed by atoms with Gasteiger partial charge in [0, 0.05) is 24.2 Å². The Morgan fingerprint density at radius 1 is 1.35 bits per heavy atom. The zero-order valence-corrected chi connectivity index (χ0v) is 16.5. The number of nitrogens with zero attached hydrogens (tertiary/aromatic N) is 2. The maximum absolute atomic E-state index is 12.7. The Morgan fingerprint density at radius 2 is 2.12 bits per heavy atom. The second-order valence-corrected chi connectivity index (χ2v) is 8.71. The summed E-state index contributed by atoms with van der Waals surface area (Å²) in [5.41, 5.74) is 12.5. The molecule has 3 rings (SSSR count). The zero-order valence-electron chi connectivity index (χ0n) is 14.9. The van der Waals surface area contributed by atoms with Gasteiger partial charge in [-0.25, -0.2) is 18.9 Å². The molecule has 0 spiro atoms. The van der Waals surface area contributed by atoms with Gasteiger partial charge in [0.05, 0.1) is 20.5 Å². The lowest BCUT2D eigenvalue weighted by atomic mass is 9.90. The molecule has 1 atom stereocenters. The van der Waals surface area contributed by atoms with Gasteiger partial charge in [0.2, 0.25) is 0 Å². The van der Waals surface area contributed by atoms with E-state index in [2.05, 4.69) is 14.7 Å². The third-order valence-electron chi connectivity index (χ3n) is 4.44. The lowest BCUT2D eigenvalue weighted by molar-refractivity contribution is 0.442. The number of benzene rings is 1. The van der Waals surface area contributed by atoms with Crippen molar-refractivity contribution in [2.24, 2.45) is 16.5 Å². The van der Waals surface area contributed by atoms with E-state index >= 15 is 0 Å². The van der Waals surface area contributed by atoms with E-state index in [9.17, 15) is 4.21 Å². The van der Waals surface area contributed by atoms with Crippen LogP contribution in [0.3, 0.4) is 0 Å². The van der Waals surface area contributed by atoms with Crippen LogP contribution >= 0.6 is 11.3 Å². The largest absolute Gasteiger partial charge is 0.370 e. The molecule has 0 radical (unpaired) electrons. The average Bonchev–Trinajstić information content (AvgIpc) is 3.12. The number of nitrogens with two attached hydrogens (primary N) is 2. The zero-order chi connectivity index (χ0) is 18.5. The van der Waals surface area contributed by atoms with Crippen molar-refractivity contribution in [1.82, 2.24) is 9.71 Å². The molecule has 0 amide bonds. The number of thiazole rings is 1. The smallest absolute Gasteiger partial charge is 0.191 e. The molecule has 5 N–H and O–H groups in total. The van der Waals surface area contributed by atoms with Crippen molar-refractivity contribution >= 4 is 34.0 Å². The molecule has 2 aromatic rings. The highest BCUT2D eigenvalue weighted by molar-refractivity contribution is 7.83. The monoisotopic (exact) mass is 391 g/mol. The van der Waals surface area contributed by atoms with Crippen LogP contribution < -0.4 is 16.2 Å². The van der Waals surface area contributed by atoms with Gasteiger partial charge in [-0.3, -0.25) is 0 Å². The number of aromatic nitrogens is 1. The van der Waals surface area contributed by atoms with Crippen LogP contribution in [0, 0.1) is 0 Å². The Labute approximate surface area is 160 Å². The Morgan fingerprint density at radius 3 is 2.81 bits per heavy atom. The van der Waals surface area contributed by atoms with Crippen LogP contribution in [-0.4, -0.2) is 21.7 Å². The van der Waals surface area contributed by atoms with Gasteiger partial charge in [0.25, 0.3) is 0 Å². The summed E-state index contributed by atoms with van der Waals surface area (Å²) >= 11 is 1.70. The van der Waals surface area contributed by atoms with Gasteiger partial charge in [-0.2, -0.15) is 0 Å². The van der Waals surface area contributed by atoms with Crippen molar-refractivity contribution < 1.29 is 4.21 Å². The summed E-state index contributed by atoms with van der Waals surface area (Å²) in [4.78, 5) is 10.4. The molecule has 1 aromatic heterocycles. The molecule has 1 aliphatic carbocycles. The highest BCUT2D eigenvalue weighted by Gasteiger charge is 2.21. The highest BCUT2D eigenvalue weighted by Crippen LogP contribution is 2.39. The molecule has 0 saturated heterocycles. The Hall–Kier alpha value is -1.77. The summed E-state index contributed by atoms with van der Waals surface area (Å²) < 4.78 is 15.6. The van der Waals surface area contributed by atoms with Crippen molar-refractivity contribution in [1.29, 1.82) is 0 Å². The molecule has 1 fully saturated rings. The summed E-state index contributed by atoms with van der Waals surface area (Å²) in [5, 5.41) is 1.19. The average molecular weight is 392 g/mol. The minimum atomic E-state index is -1.34. The molecule has 1 heterocycles. The summed E-state index contributed by atoms with van der Waals surface area (Å²) in [6, 6.07) is 5.53. The first-order valence-corrected chi connectivity index (χ1v) is 10.9. The summed E-state index contributed by atoms with van der Waals surface area (Å²) in [6.45, 7) is 2.53. The highest BCUT2D eigenvalue weighted by atomic mass is 32.2. The second-order valence-electron chi connectivity index (χ2n) is 6.38. The van der Waals surface area contributed by atoms with Crippen LogP contribution in [0.1, 0.15) is 50.0 Å². The van der Waals surface area contributed by atoms with E-state index in [0.717, 1.165) is 10.4 Å². The Balaban J connectivity index is 1.96. The fraction of sp³-hybridized carbons (Fsp3) is 0.444. The summed E-state index contributed by atoms with van der Waals surface area (Å²) in [6.07, 6.45) is 8.22. The van der Waals surface area contributed by atoms with Gasteiger partial charge in [0.1, 0.15) is 11.0 Å². The van der Waals surface area contributed by atoms with Crippen LogP contribution in [0.4, 0.5) is 5.69 Å². The van der Waals surface area contributed by atoms with Gasteiger partial charge >= 0.3 is 0 Å². The SMILES string of the molecule is CCNS(=O)c1cc(N=C(N)N)ccc1-c1cnc(C2CCCCC2)s1. The molecule has 8 heteroatoms. The van der Waals surface area contributed by atoms with Crippen molar-refractivity contribution in [3.05, 3.63) is 29.4 Å². The first kappa shape index (κ1) is 19.0. The number of aliphatic imine (C=N–C) groups is 1. The van der Waals surface area contributed by atoms with Gasteiger partial charge in [0.15, 0.2) is 5.96 Å². The van der Waals surface area contributed by atoms with Crippen molar-refractivity contribution in [3.8, 4) is 10.4 Å². The van der Waals surface area contributed by atoms with E-state index in [1.165, 1.54) is 37.1 Å². The van der Waals surface area contributed by atoms with E-state index in [1.807, 2.05) is 25.3 Å². The van der Waals surface area contributed by atoms with E-state index < -0.39 is 11.0 Å². The maximum Gasteiger partial charge on any atom is 0.191 e. The number of rotatable bonds is 6. The van der Waals surface area contributed by atoms with E-state index in [0.29, 0.717) is 23.0 Å². The van der Waals surface area contributed by atoms with Crippen LogP contribution in [0.25, 0.3) is 10.4 Å². The maximum atomic E-state index is 12.7. The summed E-state index contributed by atoms with van der Waals surface area (Å²) in [5.74, 6) is 0.543. The van der Waals surface area contributed by atoms with E-state index in [-0.39, 0.29) is 5.96 Å². The number of hydrogen-bond acceptors (Lipinski definition) is 4. The Kier molecular flexibility index (Phi) is 6.39. The molecule has 1 saturated carbocycles. The minimum Gasteiger partial charge on any atom is -0.370 e. The molecule has 26 heavy (non-hydrogen) atoms. The Bertz CT molecular complexity index is 808. The standard InChI is InChI=1S/C18H25N5OS2/c1-2-22-26(24)16-10-13(23-18(19)20)8-9-14(16)15-11-21-17(25-15)12-6-4-3-5-7-12/h8-12,22H,2-7H2,1H3,(H4,19,20,23). The minimum absolute atomic E-state index is 0.0182. The molecule has 6 nitrogen and oxygen atoms in total. The van der Waals surface area contributed by atoms with Gasteiger partial charge in [-0.15, -0.1) is 11.3 Å². The number of nitrogens with one attached hydrogen (secondary N) is 1. The predicted octanol–water partition coefficient (Wildman–Crippen LogP) is 3.39. The van der Waals surface area contributed by atoms with Crippen molar-refractivity contribution in [3.63, 3.8) is 0 Å². The van der Waals surface area contributed by atoms with Crippen LogP contribution in [0.15, 0.2) is 34.3 Å². The normalized spacial score (nSPS) is 16.3. The lowest BCUT2D eigenvalue weighted by Crippen LogP contribution is -2.22. The lowest BCUT2D eigenvalue weighted by Gasteiger charge is -2.18. The van der Waals surface area contributed by atoms with Crippen molar-refractivity contribution in [2.75, 3.05) is 6.54 Å². The predicted molar refractivity (Wildman–Crippen MR) is 109 cm³/mol. The number of guanidine groups is 1. The molecule has 1 unspecified atom stereocenters. The van der Waals surface area contributed by atoms with Gasteiger partial charge in [-0.1, -0.05) is 32.3 Å². The van der Waals surface area contributed by atoms with Crippen LogP contribution in [0.5, 0.6) is 0 Å². The molecule has 1 aromatic carbocycles. The molecular formula is C18H25N5OS2. The first-order chi connectivity index (χ1) is 12.6. The van der Waals surface area contributed by atoms with Gasteiger partial charge in [-0.05, 0) is 25.0 Å².